The molecule has 5 nitrogen and oxygen atoms in total. The van der Waals surface area contributed by atoms with Crippen LogP contribution in [0.2, 0.25) is 0 Å². The van der Waals surface area contributed by atoms with Gasteiger partial charge in [0.15, 0.2) is 0 Å². The predicted molar refractivity (Wildman–Crippen MR) is 88.3 cm³/mol. The largest absolute Gasteiger partial charge is 0.308 e. The molecule has 2 heterocycles. The number of hydrogen-bond donors (Lipinski definition) is 1. The van der Waals surface area contributed by atoms with E-state index in [2.05, 4.69) is 52.2 Å². The second-order valence-corrected chi connectivity index (χ2v) is 6.34. The Kier molecular flexibility index (Phi) is 5.22. The molecule has 0 fully saturated rings. The lowest BCUT2D eigenvalue weighted by Crippen LogP contribution is -2.27. The summed E-state index contributed by atoms with van der Waals surface area (Å²) in [6.45, 7) is 7.38. The van der Waals surface area contributed by atoms with Crippen molar-refractivity contribution in [2.45, 2.75) is 39.7 Å². The predicted octanol–water partition coefficient (Wildman–Crippen LogP) is 2.82. The first kappa shape index (κ1) is 16.2. The van der Waals surface area contributed by atoms with Gasteiger partial charge in [0, 0.05) is 19.8 Å². The summed E-state index contributed by atoms with van der Waals surface area (Å²) in [5.41, 5.74) is 4.84. The van der Waals surface area contributed by atoms with Gasteiger partial charge in [0.25, 0.3) is 0 Å². The summed E-state index contributed by atoms with van der Waals surface area (Å²) < 4.78 is 4.95. The minimum atomic E-state index is 0.230. The third kappa shape index (κ3) is 3.37. The molecule has 0 amide bonds. The maximum absolute atomic E-state index is 4.52. The molecule has 6 heteroatoms. The zero-order chi connectivity index (χ0) is 15.6. The highest BCUT2D eigenvalue weighted by molar-refractivity contribution is 9.10. The van der Waals surface area contributed by atoms with Crippen LogP contribution in [0.25, 0.3) is 0 Å². The van der Waals surface area contributed by atoms with Crippen molar-refractivity contribution < 1.29 is 0 Å². The van der Waals surface area contributed by atoms with Gasteiger partial charge in [-0.15, -0.1) is 0 Å². The first-order valence-electron chi connectivity index (χ1n) is 7.35. The fourth-order valence-corrected chi connectivity index (χ4v) is 3.34. The first-order valence-corrected chi connectivity index (χ1v) is 8.14. The van der Waals surface area contributed by atoms with Gasteiger partial charge in [-0.1, -0.05) is 6.92 Å². The second-order valence-electron chi connectivity index (χ2n) is 5.49. The fraction of sp³-hybridized carbons (Fsp3) is 0.600. The normalized spacial score (nSPS) is 12.9. The van der Waals surface area contributed by atoms with Crippen molar-refractivity contribution in [3.63, 3.8) is 0 Å². The molecule has 0 aliphatic heterocycles. The molecule has 0 aromatic carbocycles. The van der Waals surface area contributed by atoms with Crippen molar-refractivity contribution in [2.75, 3.05) is 6.54 Å². The van der Waals surface area contributed by atoms with Gasteiger partial charge < -0.3 is 5.32 Å². The molecule has 2 rings (SSSR count). The molecule has 0 saturated heterocycles. The van der Waals surface area contributed by atoms with E-state index < -0.39 is 0 Å². The Labute approximate surface area is 134 Å². The molecule has 0 radical (unpaired) electrons. The van der Waals surface area contributed by atoms with E-state index in [0.717, 1.165) is 29.6 Å². The zero-order valence-corrected chi connectivity index (χ0v) is 15.0. The van der Waals surface area contributed by atoms with Crippen molar-refractivity contribution in [1.82, 2.24) is 24.9 Å². The highest BCUT2D eigenvalue weighted by Crippen LogP contribution is 2.27. The second kappa shape index (κ2) is 6.75. The van der Waals surface area contributed by atoms with Gasteiger partial charge in [0.05, 0.1) is 28.1 Å². The summed E-state index contributed by atoms with van der Waals surface area (Å²) in [7, 11) is 3.99. The molecule has 2 aromatic rings. The average Bonchev–Trinajstić information content (AvgIpc) is 2.88. The molecule has 0 aliphatic rings. The molecular weight excluding hydrogens is 330 g/mol. The van der Waals surface area contributed by atoms with Crippen LogP contribution in [-0.4, -0.2) is 26.1 Å². The van der Waals surface area contributed by atoms with Crippen LogP contribution in [0, 0.1) is 13.8 Å². The lowest BCUT2D eigenvalue weighted by molar-refractivity contribution is 0.490. The molecule has 21 heavy (non-hydrogen) atoms. The van der Waals surface area contributed by atoms with E-state index in [1.54, 1.807) is 0 Å². The van der Waals surface area contributed by atoms with Crippen LogP contribution in [0.1, 0.15) is 42.0 Å². The van der Waals surface area contributed by atoms with E-state index in [-0.39, 0.29) is 6.04 Å². The summed E-state index contributed by atoms with van der Waals surface area (Å²) in [6, 6.07) is 0.230. The summed E-state index contributed by atoms with van der Waals surface area (Å²) in [5, 5.41) is 12.5. The third-order valence-electron chi connectivity index (χ3n) is 3.98. The van der Waals surface area contributed by atoms with Crippen molar-refractivity contribution in [1.29, 1.82) is 0 Å². The Hall–Kier alpha value is -1.14. The number of aromatic nitrogens is 4. The van der Waals surface area contributed by atoms with Gasteiger partial charge in [0.2, 0.25) is 0 Å². The molecule has 0 spiro atoms. The SMILES string of the molecule is CCCNC(Cc1c(C)nn(C)c1C)c1c(Br)cnn1C. The monoisotopic (exact) mass is 353 g/mol. The van der Waals surface area contributed by atoms with Gasteiger partial charge in [-0.3, -0.25) is 9.36 Å². The zero-order valence-electron chi connectivity index (χ0n) is 13.4. The van der Waals surface area contributed by atoms with Crippen LogP contribution >= 0.6 is 15.9 Å². The standard InChI is InChI=1S/C15H24BrN5/c1-6-7-17-14(15-13(16)9-18-21(15)5)8-12-10(2)19-20(4)11(12)3/h9,14,17H,6-8H2,1-5H3. The molecule has 1 unspecified atom stereocenters. The summed E-state index contributed by atoms with van der Waals surface area (Å²) in [5.74, 6) is 0. The molecule has 0 aliphatic carbocycles. The number of nitrogens with zero attached hydrogens (tertiary/aromatic N) is 4. The van der Waals surface area contributed by atoms with E-state index in [1.807, 2.05) is 29.7 Å². The van der Waals surface area contributed by atoms with E-state index in [0.29, 0.717) is 0 Å². The van der Waals surface area contributed by atoms with Crippen LogP contribution in [0.5, 0.6) is 0 Å². The molecule has 1 N–H and O–H groups in total. The quantitative estimate of drug-likeness (QED) is 0.868. The van der Waals surface area contributed by atoms with Gasteiger partial charge in [-0.25, -0.2) is 0 Å². The molecule has 0 saturated carbocycles. The van der Waals surface area contributed by atoms with E-state index in [4.69, 9.17) is 0 Å². The fourth-order valence-electron chi connectivity index (χ4n) is 2.71. The van der Waals surface area contributed by atoms with Gasteiger partial charge in [0.1, 0.15) is 0 Å². The van der Waals surface area contributed by atoms with Gasteiger partial charge in [-0.05, 0) is 54.7 Å². The van der Waals surface area contributed by atoms with Gasteiger partial charge >= 0.3 is 0 Å². The highest BCUT2D eigenvalue weighted by atomic mass is 79.9. The number of hydrogen-bond acceptors (Lipinski definition) is 3. The lowest BCUT2D eigenvalue weighted by Gasteiger charge is -2.20. The van der Waals surface area contributed by atoms with Crippen molar-refractivity contribution in [3.8, 4) is 0 Å². The Morgan fingerprint density at radius 3 is 2.48 bits per heavy atom. The van der Waals surface area contributed by atoms with Crippen LogP contribution in [0.3, 0.4) is 0 Å². The first-order chi connectivity index (χ1) is 9.95. The van der Waals surface area contributed by atoms with Crippen LogP contribution in [-0.2, 0) is 20.5 Å². The average molecular weight is 354 g/mol. The minimum Gasteiger partial charge on any atom is -0.308 e. The summed E-state index contributed by atoms with van der Waals surface area (Å²) in [6.07, 6.45) is 3.89. The molecule has 116 valence electrons. The van der Waals surface area contributed by atoms with Crippen molar-refractivity contribution in [3.05, 3.63) is 33.3 Å². The van der Waals surface area contributed by atoms with E-state index in [1.165, 1.54) is 17.0 Å². The maximum atomic E-state index is 4.52. The number of halogens is 1. The summed E-state index contributed by atoms with van der Waals surface area (Å²) >= 11 is 3.62. The smallest absolute Gasteiger partial charge is 0.0695 e. The van der Waals surface area contributed by atoms with E-state index in [9.17, 15) is 0 Å². The van der Waals surface area contributed by atoms with Crippen molar-refractivity contribution in [2.24, 2.45) is 14.1 Å². The van der Waals surface area contributed by atoms with Gasteiger partial charge in [-0.2, -0.15) is 10.2 Å². The molecule has 2 aromatic heterocycles. The number of aryl methyl sites for hydroxylation is 3. The topological polar surface area (TPSA) is 47.7 Å². The number of nitrogens with one attached hydrogen (secondary N) is 1. The van der Waals surface area contributed by atoms with Crippen LogP contribution in [0.4, 0.5) is 0 Å². The van der Waals surface area contributed by atoms with E-state index >= 15 is 0 Å². The highest BCUT2D eigenvalue weighted by Gasteiger charge is 2.22. The lowest BCUT2D eigenvalue weighted by atomic mass is 10.0. The Morgan fingerprint density at radius 2 is 2.00 bits per heavy atom. The van der Waals surface area contributed by atoms with Crippen LogP contribution < -0.4 is 5.32 Å². The summed E-state index contributed by atoms with van der Waals surface area (Å²) in [4.78, 5) is 0. The third-order valence-corrected chi connectivity index (χ3v) is 4.59. The Bertz CT molecular complexity index is 594. The Morgan fingerprint density at radius 1 is 1.29 bits per heavy atom. The van der Waals surface area contributed by atoms with Crippen molar-refractivity contribution >= 4 is 15.9 Å². The molecule has 0 bridgehead atoms. The molecule has 1 atom stereocenters. The van der Waals surface area contributed by atoms with Crippen LogP contribution in [0.15, 0.2) is 10.7 Å². The maximum Gasteiger partial charge on any atom is 0.0695 e. The minimum absolute atomic E-state index is 0.230. The Balaban J connectivity index is 2.33. The number of rotatable bonds is 6. The molecular formula is C15H24BrN5.